The molecule has 23 heavy (non-hydrogen) atoms. The van der Waals surface area contributed by atoms with Crippen LogP contribution >= 0.6 is 11.3 Å². The van der Waals surface area contributed by atoms with Crippen LogP contribution in [0.4, 0.5) is 5.13 Å². The van der Waals surface area contributed by atoms with Gasteiger partial charge in [-0.2, -0.15) is 0 Å². The van der Waals surface area contributed by atoms with E-state index in [2.05, 4.69) is 15.6 Å². The van der Waals surface area contributed by atoms with Crippen molar-refractivity contribution < 1.29 is 9.90 Å². The Labute approximate surface area is 140 Å². The Morgan fingerprint density at radius 2 is 2.04 bits per heavy atom. The zero-order valence-electron chi connectivity index (χ0n) is 13.7. The minimum absolute atomic E-state index is 0.0650. The smallest absolute Gasteiger partial charge is 0.229 e. The van der Waals surface area contributed by atoms with E-state index < -0.39 is 0 Å². The summed E-state index contributed by atoms with van der Waals surface area (Å²) in [6, 6.07) is 7.87. The van der Waals surface area contributed by atoms with Crippen LogP contribution in [0.2, 0.25) is 0 Å². The molecule has 0 bridgehead atoms. The average Bonchev–Trinajstić information content (AvgIpc) is 2.85. The van der Waals surface area contributed by atoms with E-state index in [9.17, 15) is 4.79 Å². The first-order chi connectivity index (χ1) is 11.0. The van der Waals surface area contributed by atoms with Crippen LogP contribution in [-0.2, 0) is 4.79 Å². The topological polar surface area (TPSA) is 74.2 Å². The summed E-state index contributed by atoms with van der Waals surface area (Å²) < 4.78 is 0. The van der Waals surface area contributed by atoms with Crippen LogP contribution in [0, 0.1) is 20.8 Å². The zero-order valence-corrected chi connectivity index (χ0v) is 14.5. The summed E-state index contributed by atoms with van der Waals surface area (Å²) >= 11 is 1.59. The molecule has 0 spiro atoms. The molecule has 1 atom stereocenters. The van der Waals surface area contributed by atoms with Crippen LogP contribution in [0.5, 0.6) is 0 Å². The highest BCUT2D eigenvalue weighted by atomic mass is 32.1. The van der Waals surface area contributed by atoms with Gasteiger partial charge in [0, 0.05) is 18.0 Å². The number of hydrogen-bond donors (Lipinski definition) is 3. The van der Waals surface area contributed by atoms with Crippen LogP contribution in [0.25, 0.3) is 0 Å². The first-order valence-corrected chi connectivity index (χ1v) is 8.46. The highest BCUT2D eigenvalue weighted by Crippen LogP contribution is 2.24. The van der Waals surface area contributed by atoms with Crippen LogP contribution in [0.15, 0.2) is 24.3 Å². The molecule has 0 saturated heterocycles. The number of aromatic nitrogens is 1. The number of hydrogen-bond acceptors (Lipinski definition) is 5. The molecule has 0 fully saturated rings. The molecular formula is C17H23N3O2S. The Morgan fingerprint density at radius 3 is 2.65 bits per heavy atom. The molecule has 5 nitrogen and oxygen atoms in total. The Kier molecular flexibility index (Phi) is 6.12. The van der Waals surface area contributed by atoms with Gasteiger partial charge in [0.15, 0.2) is 5.13 Å². The van der Waals surface area contributed by atoms with Crippen molar-refractivity contribution in [2.24, 2.45) is 0 Å². The van der Waals surface area contributed by atoms with E-state index in [0.717, 1.165) is 22.0 Å². The van der Waals surface area contributed by atoms with Crippen LogP contribution in [-0.4, -0.2) is 35.7 Å². The summed E-state index contributed by atoms with van der Waals surface area (Å²) in [5.41, 5.74) is 3.07. The minimum Gasteiger partial charge on any atom is -0.395 e. The molecule has 2 aromatic rings. The van der Waals surface area contributed by atoms with Gasteiger partial charge in [-0.3, -0.25) is 4.79 Å². The third-order valence-corrected chi connectivity index (χ3v) is 4.81. The standard InChI is InChI=1S/C17H23N3O2S/c1-11-6-4-5-7-14(11)15(16(22)18-8-9-21)10-19-17-20-12(2)13(3)23-17/h4-7,15,21H,8-10H2,1-3H3,(H,18,22)(H,19,20). The molecule has 2 rings (SSSR count). The SMILES string of the molecule is Cc1ccccc1C(CNc1nc(C)c(C)s1)C(=O)NCCO. The van der Waals surface area contributed by atoms with Gasteiger partial charge >= 0.3 is 0 Å². The number of nitrogens with zero attached hydrogens (tertiary/aromatic N) is 1. The van der Waals surface area contributed by atoms with Gasteiger partial charge in [0.05, 0.1) is 18.2 Å². The Balaban J connectivity index is 2.16. The lowest BCUT2D eigenvalue weighted by Gasteiger charge is -2.19. The number of carbonyl (C=O) groups is 1. The highest BCUT2D eigenvalue weighted by Gasteiger charge is 2.22. The largest absolute Gasteiger partial charge is 0.395 e. The van der Waals surface area contributed by atoms with Crippen molar-refractivity contribution in [3.05, 3.63) is 46.0 Å². The van der Waals surface area contributed by atoms with E-state index in [4.69, 9.17) is 5.11 Å². The fourth-order valence-corrected chi connectivity index (χ4v) is 3.18. The van der Waals surface area contributed by atoms with Gasteiger partial charge in [-0.15, -0.1) is 11.3 Å². The van der Waals surface area contributed by atoms with Crippen molar-refractivity contribution in [2.45, 2.75) is 26.7 Å². The maximum atomic E-state index is 12.5. The number of thiazole rings is 1. The first-order valence-electron chi connectivity index (χ1n) is 7.65. The summed E-state index contributed by atoms with van der Waals surface area (Å²) in [7, 11) is 0. The van der Waals surface area contributed by atoms with Gasteiger partial charge in [-0.1, -0.05) is 24.3 Å². The number of amides is 1. The zero-order chi connectivity index (χ0) is 16.8. The van der Waals surface area contributed by atoms with Crippen molar-refractivity contribution in [3.8, 4) is 0 Å². The van der Waals surface area contributed by atoms with E-state index >= 15 is 0 Å². The summed E-state index contributed by atoms with van der Waals surface area (Å²) in [4.78, 5) is 18.1. The maximum Gasteiger partial charge on any atom is 0.229 e. The highest BCUT2D eigenvalue weighted by molar-refractivity contribution is 7.15. The number of nitrogens with one attached hydrogen (secondary N) is 2. The predicted molar refractivity (Wildman–Crippen MR) is 94.1 cm³/mol. The number of aliphatic hydroxyl groups is 1. The summed E-state index contributed by atoms with van der Waals surface area (Å²) in [6.45, 7) is 6.67. The molecular weight excluding hydrogens is 310 g/mol. The lowest BCUT2D eigenvalue weighted by molar-refractivity contribution is -0.122. The molecule has 0 radical (unpaired) electrons. The van der Waals surface area contributed by atoms with Crippen molar-refractivity contribution in [2.75, 3.05) is 25.0 Å². The molecule has 0 aliphatic carbocycles. The fourth-order valence-electron chi connectivity index (χ4n) is 2.36. The van der Waals surface area contributed by atoms with Gasteiger partial charge in [0.25, 0.3) is 0 Å². The lowest BCUT2D eigenvalue weighted by Crippen LogP contribution is -2.35. The minimum atomic E-state index is -0.327. The lowest BCUT2D eigenvalue weighted by atomic mass is 9.94. The number of aliphatic hydroxyl groups excluding tert-OH is 1. The summed E-state index contributed by atoms with van der Waals surface area (Å²) in [5, 5.41) is 15.8. The third kappa shape index (κ3) is 4.53. The predicted octanol–water partition coefficient (Wildman–Crippen LogP) is 2.37. The Hall–Kier alpha value is -1.92. The summed E-state index contributed by atoms with van der Waals surface area (Å²) in [5.74, 6) is -0.418. The van der Waals surface area contributed by atoms with E-state index in [1.807, 2.05) is 45.0 Å². The van der Waals surface area contributed by atoms with Crippen LogP contribution in [0.3, 0.4) is 0 Å². The normalized spacial score (nSPS) is 12.0. The van der Waals surface area contributed by atoms with E-state index in [1.54, 1.807) is 11.3 Å². The van der Waals surface area contributed by atoms with Gasteiger partial charge in [0.1, 0.15) is 0 Å². The quantitative estimate of drug-likeness (QED) is 0.727. The van der Waals surface area contributed by atoms with Gasteiger partial charge in [-0.05, 0) is 31.9 Å². The molecule has 0 aliphatic heterocycles. The van der Waals surface area contributed by atoms with Crippen LogP contribution in [0.1, 0.15) is 27.6 Å². The second kappa shape index (κ2) is 8.08. The second-order valence-electron chi connectivity index (χ2n) is 5.47. The van der Waals surface area contributed by atoms with Gasteiger partial charge in [0.2, 0.25) is 5.91 Å². The van der Waals surface area contributed by atoms with E-state index in [1.165, 1.54) is 4.88 Å². The number of rotatable bonds is 7. The number of aryl methyl sites for hydroxylation is 3. The second-order valence-corrected chi connectivity index (χ2v) is 6.67. The Bertz CT molecular complexity index is 650. The van der Waals surface area contributed by atoms with Crippen molar-refractivity contribution in [1.29, 1.82) is 0 Å². The van der Waals surface area contributed by atoms with Crippen molar-refractivity contribution >= 4 is 22.4 Å². The average molecular weight is 333 g/mol. The number of carbonyl (C=O) groups excluding carboxylic acids is 1. The molecule has 0 aliphatic rings. The van der Waals surface area contributed by atoms with E-state index in [0.29, 0.717) is 6.54 Å². The molecule has 3 N–H and O–H groups in total. The van der Waals surface area contributed by atoms with Crippen LogP contribution < -0.4 is 10.6 Å². The molecule has 124 valence electrons. The molecule has 1 aromatic carbocycles. The molecule has 1 heterocycles. The molecule has 1 amide bonds. The molecule has 1 aromatic heterocycles. The van der Waals surface area contributed by atoms with Gasteiger partial charge in [-0.25, -0.2) is 4.98 Å². The Morgan fingerprint density at radius 1 is 1.30 bits per heavy atom. The molecule has 6 heteroatoms. The van der Waals surface area contributed by atoms with Crippen molar-refractivity contribution in [3.63, 3.8) is 0 Å². The molecule has 0 saturated carbocycles. The maximum absolute atomic E-state index is 12.5. The first kappa shape index (κ1) is 17.4. The molecule has 1 unspecified atom stereocenters. The van der Waals surface area contributed by atoms with E-state index in [-0.39, 0.29) is 25.0 Å². The third-order valence-electron chi connectivity index (χ3n) is 3.78. The number of anilines is 1. The monoisotopic (exact) mass is 333 g/mol. The summed E-state index contributed by atoms with van der Waals surface area (Å²) in [6.07, 6.45) is 0. The van der Waals surface area contributed by atoms with Gasteiger partial charge < -0.3 is 15.7 Å². The fraction of sp³-hybridized carbons (Fsp3) is 0.412. The van der Waals surface area contributed by atoms with Crippen molar-refractivity contribution in [1.82, 2.24) is 10.3 Å². The number of benzene rings is 1.